The molecule has 2 heterocycles. The normalized spacial score (nSPS) is 10.7. The van der Waals surface area contributed by atoms with E-state index in [-0.39, 0.29) is 11.5 Å². The maximum atomic E-state index is 12.3. The summed E-state index contributed by atoms with van der Waals surface area (Å²) in [6.45, 7) is 2.90. The fraction of sp³-hybridized carbons (Fsp3) is 0.211. The first-order chi connectivity index (χ1) is 12.6. The van der Waals surface area contributed by atoms with E-state index in [1.54, 1.807) is 12.3 Å². The number of amides is 1. The van der Waals surface area contributed by atoms with Crippen molar-refractivity contribution >= 4 is 39.8 Å². The van der Waals surface area contributed by atoms with E-state index in [1.807, 2.05) is 37.3 Å². The van der Waals surface area contributed by atoms with Crippen molar-refractivity contribution in [2.24, 2.45) is 0 Å². The molecule has 0 atom stereocenters. The molecule has 0 aliphatic carbocycles. The van der Waals surface area contributed by atoms with E-state index in [0.717, 1.165) is 9.99 Å². The highest BCUT2D eigenvalue weighted by Gasteiger charge is 2.11. The molecule has 3 rings (SSSR count). The zero-order valence-corrected chi connectivity index (χ0v) is 16.5. The van der Waals surface area contributed by atoms with Gasteiger partial charge in [-0.2, -0.15) is 0 Å². The second kappa shape index (κ2) is 8.31. The summed E-state index contributed by atoms with van der Waals surface area (Å²) >= 11 is 2.22. The Balaban J connectivity index is 1.84. The van der Waals surface area contributed by atoms with Crippen molar-refractivity contribution in [3.8, 4) is 0 Å². The van der Waals surface area contributed by atoms with Gasteiger partial charge in [-0.25, -0.2) is 4.98 Å². The molecule has 2 aromatic heterocycles. The van der Waals surface area contributed by atoms with E-state index in [9.17, 15) is 9.59 Å². The summed E-state index contributed by atoms with van der Waals surface area (Å²) in [5.74, 6) is -0.118. The van der Waals surface area contributed by atoms with Gasteiger partial charge in [0.2, 0.25) is 0 Å². The Hall–Kier alpha value is -2.42. The molecule has 7 heteroatoms. The Kier molecular flexibility index (Phi) is 5.87. The first kappa shape index (κ1) is 18.4. The van der Waals surface area contributed by atoms with Gasteiger partial charge in [-0.15, -0.1) is 0 Å². The Morgan fingerprint density at radius 3 is 2.85 bits per heavy atom. The lowest BCUT2D eigenvalue weighted by molar-refractivity contribution is 0.0957. The van der Waals surface area contributed by atoms with E-state index in [1.165, 1.54) is 10.5 Å². The van der Waals surface area contributed by atoms with E-state index < -0.39 is 0 Å². The fourth-order valence-electron chi connectivity index (χ4n) is 2.68. The smallest absolute Gasteiger partial charge is 0.258 e. The van der Waals surface area contributed by atoms with E-state index in [4.69, 9.17) is 0 Å². The molecule has 3 aromatic rings. The Morgan fingerprint density at radius 1 is 1.23 bits per heavy atom. The van der Waals surface area contributed by atoms with Gasteiger partial charge in [0.05, 0.1) is 17.8 Å². The first-order valence-corrected chi connectivity index (χ1v) is 9.77. The average Bonchev–Trinajstić information content (AvgIpc) is 2.65. The number of rotatable bonds is 6. The minimum Gasteiger partial charge on any atom is -0.379 e. The monoisotopic (exact) mass is 462 g/mol. The molecule has 0 aliphatic heterocycles. The van der Waals surface area contributed by atoms with Gasteiger partial charge in [-0.1, -0.05) is 40.8 Å². The molecule has 0 radical (unpaired) electrons. The number of nitrogens with one attached hydrogen (secondary N) is 2. The second-order valence-electron chi connectivity index (χ2n) is 5.81. The van der Waals surface area contributed by atoms with Crippen molar-refractivity contribution in [3.63, 3.8) is 0 Å². The van der Waals surface area contributed by atoms with Crippen LogP contribution in [0.1, 0.15) is 21.6 Å². The lowest BCUT2D eigenvalue weighted by Crippen LogP contribution is -2.26. The van der Waals surface area contributed by atoms with Crippen LogP contribution >= 0.6 is 22.6 Å². The number of benzene rings is 1. The number of halogens is 1. The van der Waals surface area contributed by atoms with Gasteiger partial charge in [-0.3, -0.25) is 14.0 Å². The topological polar surface area (TPSA) is 75.5 Å². The molecular weight excluding hydrogens is 443 g/mol. The summed E-state index contributed by atoms with van der Waals surface area (Å²) in [5.41, 5.74) is 3.38. The molecule has 0 saturated heterocycles. The zero-order chi connectivity index (χ0) is 18.5. The summed E-state index contributed by atoms with van der Waals surface area (Å²) in [6, 6.07) is 12.6. The Morgan fingerprint density at radius 2 is 2.04 bits per heavy atom. The zero-order valence-electron chi connectivity index (χ0n) is 14.3. The number of alkyl halides is 1. The number of hydrogen-bond donors (Lipinski definition) is 2. The standard InChI is InChI=1S/C19H19IN4O2/c1-13-5-4-10-24-17(25)11-14(23-18(13)24)12-22-16-7-3-2-6-15(16)19(26)21-9-8-20/h2-7,10-11,22H,8-9,12H2,1H3,(H,21,26). The number of hydrogen-bond acceptors (Lipinski definition) is 4. The molecule has 0 fully saturated rings. The third kappa shape index (κ3) is 4.04. The summed E-state index contributed by atoms with van der Waals surface area (Å²) in [6.07, 6.45) is 1.71. The summed E-state index contributed by atoms with van der Waals surface area (Å²) in [7, 11) is 0. The number of anilines is 1. The van der Waals surface area contributed by atoms with Crippen LogP contribution in [-0.2, 0) is 6.54 Å². The van der Waals surface area contributed by atoms with Gasteiger partial charge in [0.25, 0.3) is 11.5 Å². The predicted molar refractivity (Wildman–Crippen MR) is 111 cm³/mol. The minimum absolute atomic E-state index is 0.118. The van der Waals surface area contributed by atoms with Crippen LogP contribution in [0.15, 0.2) is 53.5 Å². The fourth-order valence-corrected chi connectivity index (χ4v) is 2.95. The van der Waals surface area contributed by atoms with Crippen molar-refractivity contribution in [2.45, 2.75) is 13.5 Å². The van der Waals surface area contributed by atoms with Crippen molar-refractivity contribution in [3.05, 3.63) is 75.8 Å². The van der Waals surface area contributed by atoms with E-state index in [2.05, 4.69) is 38.2 Å². The number of carbonyl (C=O) groups is 1. The van der Waals surface area contributed by atoms with Gasteiger partial charge in [0.1, 0.15) is 5.65 Å². The number of fused-ring (bicyclic) bond motifs is 1. The molecule has 0 spiro atoms. The van der Waals surface area contributed by atoms with Crippen LogP contribution in [-0.4, -0.2) is 26.3 Å². The van der Waals surface area contributed by atoms with Gasteiger partial charge in [0.15, 0.2) is 0 Å². The van der Waals surface area contributed by atoms with Crippen LogP contribution in [0.4, 0.5) is 5.69 Å². The highest BCUT2D eigenvalue weighted by Crippen LogP contribution is 2.16. The van der Waals surface area contributed by atoms with Crippen LogP contribution in [0, 0.1) is 6.92 Å². The number of pyridine rings is 1. The number of nitrogens with zero attached hydrogens (tertiary/aromatic N) is 2. The number of aromatic nitrogens is 2. The quantitative estimate of drug-likeness (QED) is 0.437. The number of carbonyl (C=O) groups excluding carboxylic acids is 1. The Bertz CT molecular complexity index is 1000. The van der Waals surface area contributed by atoms with Crippen LogP contribution in [0.2, 0.25) is 0 Å². The van der Waals surface area contributed by atoms with Crippen molar-refractivity contribution in [2.75, 3.05) is 16.3 Å². The molecular formula is C19H19IN4O2. The van der Waals surface area contributed by atoms with Gasteiger partial charge < -0.3 is 10.6 Å². The molecule has 26 heavy (non-hydrogen) atoms. The maximum Gasteiger partial charge on any atom is 0.258 e. The highest BCUT2D eigenvalue weighted by molar-refractivity contribution is 14.1. The molecule has 1 amide bonds. The van der Waals surface area contributed by atoms with E-state index >= 15 is 0 Å². The van der Waals surface area contributed by atoms with Crippen molar-refractivity contribution < 1.29 is 4.79 Å². The first-order valence-electron chi connectivity index (χ1n) is 8.25. The number of para-hydroxylation sites is 1. The summed E-state index contributed by atoms with van der Waals surface area (Å²) < 4.78 is 2.38. The molecule has 1 aromatic carbocycles. The largest absolute Gasteiger partial charge is 0.379 e. The maximum absolute atomic E-state index is 12.3. The second-order valence-corrected chi connectivity index (χ2v) is 6.89. The van der Waals surface area contributed by atoms with Crippen LogP contribution in [0.5, 0.6) is 0 Å². The third-order valence-corrected chi connectivity index (χ3v) is 4.49. The molecule has 0 unspecified atom stereocenters. The molecule has 0 bridgehead atoms. The molecule has 2 N–H and O–H groups in total. The van der Waals surface area contributed by atoms with Gasteiger partial charge >= 0.3 is 0 Å². The van der Waals surface area contributed by atoms with Crippen molar-refractivity contribution in [1.29, 1.82) is 0 Å². The minimum atomic E-state index is -0.122. The van der Waals surface area contributed by atoms with Gasteiger partial charge in [0, 0.05) is 28.9 Å². The Labute approximate surface area is 164 Å². The molecule has 0 saturated carbocycles. The molecule has 0 aliphatic rings. The van der Waals surface area contributed by atoms with Crippen LogP contribution < -0.4 is 16.2 Å². The molecule has 6 nitrogen and oxygen atoms in total. The summed E-state index contributed by atoms with van der Waals surface area (Å²) in [4.78, 5) is 29.1. The van der Waals surface area contributed by atoms with Crippen LogP contribution in [0.25, 0.3) is 5.65 Å². The van der Waals surface area contributed by atoms with Crippen LogP contribution in [0.3, 0.4) is 0 Å². The SMILES string of the molecule is Cc1cccn2c(=O)cc(CNc3ccccc3C(=O)NCCI)nc12. The molecule has 134 valence electrons. The third-order valence-electron chi connectivity index (χ3n) is 3.95. The predicted octanol–water partition coefficient (Wildman–Crippen LogP) is 2.78. The van der Waals surface area contributed by atoms with Crippen molar-refractivity contribution in [1.82, 2.24) is 14.7 Å². The van der Waals surface area contributed by atoms with E-state index in [0.29, 0.717) is 35.7 Å². The highest BCUT2D eigenvalue weighted by atomic mass is 127. The number of aryl methyl sites for hydroxylation is 1. The lowest BCUT2D eigenvalue weighted by Gasteiger charge is -2.12. The van der Waals surface area contributed by atoms with Gasteiger partial charge in [-0.05, 0) is 30.7 Å². The average molecular weight is 462 g/mol. The summed E-state index contributed by atoms with van der Waals surface area (Å²) in [5, 5.41) is 6.10. The lowest BCUT2D eigenvalue weighted by atomic mass is 10.1.